The summed E-state index contributed by atoms with van der Waals surface area (Å²) in [7, 11) is 0. The Balaban J connectivity index is 1.56. The first-order chi connectivity index (χ1) is 19.0. The van der Waals surface area contributed by atoms with Crippen molar-refractivity contribution in [3.05, 3.63) is 129 Å². The fourth-order valence-corrected chi connectivity index (χ4v) is 52.5. The summed E-state index contributed by atoms with van der Waals surface area (Å²) in [5, 5.41) is 0. The zero-order valence-electron chi connectivity index (χ0n) is 25.5. The van der Waals surface area contributed by atoms with Gasteiger partial charge in [0.15, 0.2) is 0 Å². The van der Waals surface area contributed by atoms with Gasteiger partial charge in [-0.2, -0.15) is 0 Å². The topological polar surface area (TPSA) is 0 Å². The Hall–Kier alpha value is -2.55. The zero-order valence-corrected chi connectivity index (χ0v) is 30.2. The molecule has 2 atom stereocenters. The molecule has 0 N–H and O–H groups in total. The van der Waals surface area contributed by atoms with Crippen LogP contribution in [0.2, 0.25) is 22.5 Å². The van der Waals surface area contributed by atoms with E-state index in [1.807, 2.05) is 0 Å². The first-order valence-corrected chi connectivity index (χ1v) is 35.4. The summed E-state index contributed by atoms with van der Waals surface area (Å²) in [6.45, 7) is 14.8. The maximum absolute atomic E-state index is 3.77. The molecule has 0 aromatic heterocycles. The quantitative estimate of drug-likeness (QED) is 0.181. The third kappa shape index (κ3) is 3.93. The molecule has 2 aliphatic rings. The normalized spacial score (nSPS) is 19.1. The van der Waals surface area contributed by atoms with Gasteiger partial charge < -0.3 is 0 Å². The van der Waals surface area contributed by atoms with Crippen LogP contribution in [0.3, 0.4) is 0 Å². The van der Waals surface area contributed by atoms with Gasteiger partial charge in [0.2, 0.25) is 0 Å². The van der Waals surface area contributed by atoms with Crippen molar-refractivity contribution < 1.29 is 17.7 Å². The standard InChI is InChI=1S/2C17H15.C2H7Si.2CH3.Hf/c2*1-12-10-14-7-5-9-16(17(14)11-12)15-8-4-3-6-13(15)2;1-3-2;;;/h2*3-11H,1-2H3;3H,1-2H3;2*1H3;. The van der Waals surface area contributed by atoms with Crippen molar-refractivity contribution in [2.75, 3.05) is 0 Å². The Morgan fingerprint density at radius 3 is 1.25 bits per heavy atom. The van der Waals surface area contributed by atoms with Crippen LogP contribution in [0.25, 0.3) is 34.4 Å². The van der Waals surface area contributed by atoms with Crippen molar-refractivity contribution in [2.24, 2.45) is 0 Å². The van der Waals surface area contributed by atoms with Gasteiger partial charge in [0.25, 0.3) is 0 Å². The molecule has 0 aliphatic heterocycles. The average molecular weight is 706 g/mol. The summed E-state index contributed by atoms with van der Waals surface area (Å²) < 4.78 is 6.90. The van der Waals surface area contributed by atoms with Crippen LogP contribution in [0.15, 0.2) is 96.1 Å². The number of rotatable bonds is 5. The summed E-state index contributed by atoms with van der Waals surface area (Å²) >= 11 is -3.77. The molecule has 40 heavy (non-hydrogen) atoms. The molecule has 0 bridgehead atoms. The van der Waals surface area contributed by atoms with Crippen LogP contribution in [0, 0.1) is 13.8 Å². The summed E-state index contributed by atoms with van der Waals surface area (Å²) in [5.74, 6) is -1.08. The SMILES string of the molecule is CC1=Cc2c(-c3ccccc3C)cccc2[CH]1[Hf]([CH3])([CH3])([CH]1C(C)=Cc2c(-c3ccccc3C)cccc21)[SiH](C)C. The first kappa shape index (κ1) is 27.6. The van der Waals surface area contributed by atoms with Gasteiger partial charge in [0.1, 0.15) is 0 Å². The molecule has 0 radical (unpaired) electrons. The monoisotopic (exact) mass is 707 g/mol. The van der Waals surface area contributed by atoms with Crippen molar-refractivity contribution in [3.8, 4) is 22.3 Å². The molecule has 0 nitrogen and oxygen atoms in total. The van der Waals surface area contributed by atoms with E-state index in [4.69, 9.17) is 0 Å². The first-order valence-electron chi connectivity index (χ1n) is 15.0. The molecular weight excluding hydrogens is 663 g/mol. The van der Waals surface area contributed by atoms with Gasteiger partial charge in [0, 0.05) is 0 Å². The second-order valence-corrected chi connectivity index (χ2v) is 67.2. The van der Waals surface area contributed by atoms with Crippen molar-refractivity contribution in [1.82, 2.24) is 0 Å². The Kier molecular flexibility index (Phi) is 6.75. The number of allylic oxidation sites excluding steroid dienone is 2. The van der Waals surface area contributed by atoms with Crippen LogP contribution < -0.4 is 0 Å². The van der Waals surface area contributed by atoms with E-state index in [0.29, 0.717) is 7.35 Å². The molecule has 203 valence electrons. The minimum absolute atomic E-state index is 0.587. The van der Waals surface area contributed by atoms with Gasteiger partial charge in [-0.25, -0.2) is 0 Å². The average Bonchev–Trinajstić information content (AvgIpc) is 3.46. The molecule has 2 unspecified atom stereocenters. The molecule has 0 amide bonds. The van der Waals surface area contributed by atoms with Crippen molar-refractivity contribution in [3.63, 3.8) is 0 Å². The van der Waals surface area contributed by atoms with Crippen LogP contribution >= 0.6 is 0 Å². The Morgan fingerprint density at radius 1 is 0.500 bits per heavy atom. The molecule has 0 fully saturated rings. The van der Waals surface area contributed by atoms with Crippen LogP contribution in [0.4, 0.5) is 0 Å². The second kappa shape index (κ2) is 9.77. The molecule has 2 heteroatoms. The van der Waals surface area contributed by atoms with E-state index in [1.54, 1.807) is 22.3 Å². The number of aryl methyl sites for hydroxylation is 2. The number of hydrogen-bond acceptors (Lipinski definition) is 0. The van der Waals surface area contributed by atoms with Crippen molar-refractivity contribution >= 4 is 18.1 Å². The van der Waals surface area contributed by atoms with E-state index >= 15 is 0 Å². The molecular formula is C38H43HfSi. The summed E-state index contributed by atoms with van der Waals surface area (Å²) in [4.78, 5) is 0. The number of benzene rings is 4. The van der Waals surface area contributed by atoms with Crippen molar-refractivity contribution in [1.29, 1.82) is 0 Å². The third-order valence-corrected chi connectivity index (χ3v) is 78.0. The molecule has 2 aliphatic carbocycles. The predicted molar refractivity (Wildman–Crippen MR) is 177 cm³/mol. The van der Waals surface area contributed by atoms with Crippen LogP contribution in [-0.2, 0) is 17.7 Å². The van der Waals surface area contributed by atoms with E-state index in [0.717, 1.165) is 0 Å². The van der Waals surface area contributed by atoms with E-state index in [9.17, 15) is 0 Å². The van der Waals surface area contributed by atoms with E-state index in [1.165, 1.54) is 44.5 Å². The van der Waals surface area contributed by atoms with Crippen LogP contribution in [0.5, 0.6) is 0 Å². The van der Waals surface area contributed by atoms with Crippen molar-refractivity contribution in [2.45, 2.75) is 57.5 Å². The molecule has 0 saturated carbocycles. The van der Waals surface area contributed by atoms with Crippen LogP contribution in [0.1, 0.15) is 54.6 Å². The molecule has 4 aromatic carbocycles. The number of fused-ring (bicyclic) bond motifs is 2. The fraction of sp³-hybridized carbons (Fsp3) is 0.263. The molecule has 0 saturated heterocycles. The molecule has 0 heterocycles. The Bertz CT molecular complexity index is 1600. The van der Waals surface area contributed by atoms with Gasteiger partial charge in [-0.15, -0.1) is 0 Å². The third-order valence-electron chi connectivity index (χ3n) is 11.1. The molecule has 0 spiro atoms. The van der Waals surface area contributed by atoms with E-state index in [-0.39, 0.29) is 0 Å². The van der Waals surface area contributed by atoms with Crippen LogP contribution in [-0.4, -0.2) is 5.98 Å². The minimum atomic E-state index is -3.77. The molecule has 4 aromatic rings. The Morgan fingerprint density at radius 2 is 0.875 bits per heavy atom. The maximum atomic E-state index is 2.86. The van der Waals surface area contributed by atoms with E-state index < -0.39 is 23.7 Å². The predicted octanol–water partition coefficient (Wildman–Crippen LogP) is 11.0. The van der Waals surface area contributed by atoms with Gasteiger partial charge in [-0.3, -0.25) is 0 Å². The number of hydrogen-bond donors (Lipinski definition) is 0. The Labute approximate surface area is 243 Å². The second-order valence-electron chi connectivity index (χ2n) is 13.8. The van der Waals surface area contributed by atoms with Gasteiger partial charge in [-0.1, -0.05) is 0 Å². The summed E-state index contributed by atoms with van der Waals surface area (Å²) in [6, 6.07) is 32.1. The zero-order chi connectivity index (χ0) is 28.4. The van der Waals surface area contributed by atoms with Gasteiger partial charge in [0.05, 0.1) is 0 Å². The van der Waals surface area contributed by atoms with Gasteiger partial charge in [-0.05, 0) is 0 Å². The van der Waals surface area contributed by atoms with Gasteiger partial charge >= 0.3 is 245 Å². The summed E-state index contributed by atoms with van der Waals surface area (Å²) in [5.41, 5.74) is 17.7. The summed E-state index contributed by atoms with van der Waals surface area (Å²) in [6.07, 6.45) is 5.14. The van der Waals surface area contributed by atoms with E-state index in [2.05, 4.69) is 147 Å². The fourth-order valence-electron chi connectivity index (χ4n) is 8.58. The molecule has 6 rings (SSSR count).